The van der Waals surface area contributed by atoms with Gasteiger partial charge in [-0.15, -0.1) is 0 Å². The molecule has 8 heteroatoms. The Kier molecular flexibility index (Phi) is 5.25. The van der Waals surface area contributed by atoms with E-state index in [9.17, 15) is 19.8 Å². The van der Waals surface area contributed by atoms with Crippen molar-refractivity contribution < 1.29 is 19.8 Å². The zero-order valence-electron chi connectivity index (χ0n) is 13.6. The molecule has 0 radical (unpaired) electrons. The maximum absolute atomic E-state index is 12.3. The SMILES string of the molecule is O=C(NCC1Cc2ccc(O)cc2CN1C(=O)O)c1ccc(Cl)c(Cl)c1. The minimum absolute atomic E-state index is 0.0976. The Balaban J connectivity index is 1.73. The zero-order chi connectivity index (χ0) is 18.8. The fourth-order valence-corrected chi connectivity index (χ4v) is 3.29. The molecule has 0 aromatic heterocycles. The molecule has 1 unspecified atom stereocenters. The lowest BCUT2D eigenvalue weighted by Crippen LogP contribution is -2.49. The summed E-state index contributed by atoms with van der Waals surface area (Å²) in [6.45, 7) is 0.318. The summed E-state index contributed by atoms with van der Waals surface area (Å²) in [5.41, 5.74) is 2.07. The van der Waals surface area contributed by atoms with E-state index in [0.717, 1.165) is 11.1 Å². The van der Waals surface area contributed by atoms with Gasteiger partial charge in [-0.05, 0) is 47.9 Å². The maximum Gasteiger partial charge on any atom is 0.407 e. The number of carbonyl (C=O) groups is 2. The van der Waals surface area contributed by atoms with Crippen LogP contribution in [0.1, 0.15) is 21.5 Å². The second kappa shape index (κ2) is 7.43. The molecule has 2 amide bonds. The van der Waals surface area contributed by atoms with Crippen LogP contribution in [0.5, 0.6) is 5.75 Å². The first kappa shape index (κ1) is 18.4. The number of carboxylic acid groups (broad SMARTS) is 1. The van der Waals surface area contributed by atoms with Crippen molar-refractivity contribution in [3.63, 3.8) is 0 Å². The van der Waals surface area contributed by atoms with Gasteiger partial charge in [0.25, 0.3) is 5.91 Å². The highest BCUT2D eigenvalue weighted by molar-refractivity contribution is 6.42. The molecule has 136 valence electrons. The van der Waals surface area contributed by atoms with Gasteiger partial charge in [-0.25, -0.2) is 4.79 Å². The number of nitrogens with one attached hydrogen (secondary N) is 1. The third-order valence-electron chi connectivity index (χ3n) is 4.35. The van der Waals surface area contributed by atoms with Gasteiger partial charge in [0.2, 0.25) is 0 Å². The quantitative estimate of drug-likeness (QED) is 0.742. The lowest BCUT2D eigenvalue weighted by atomic mass is 9.94. The highest BCUT2D eigenvalue weighted by Crippen LogP contribution is 2.27. The fourth-order valence-electron chi connectivity index (χ4n) is 2.99. The van der Waals surface area contributed by atoms with Gasteiger partial charge in [0.05, 0.1) is 16.1 Å². The van der Waals surface area contributed by atoms with E-state index in [2.05, 4.69) is 5.32 Å². The van der Waals surface area contributed by atoms with Crippen LogP contribution in [0.3, 0.4) is 0 Å². The molecule has 26 heavy (non-hydrogen) atoms. The molecule has 2 aromatic rings. The molecule has 1 aliphatic heterocycles. The van der Waals surface area contributed by atoms with Gasteiger partial charge >= 0.3 is 6.09 Å². The van der Waals surface area contributed by atoms with Gasteiger partial charge in [-0.1, -0.05) is 29.3 Å². The van der Waals surface area contributed by atoms with E-state index in [1.807, 2.05) is 0 Å². The van der Waals surface area contributed by atoms with Crippen LogP contribution in [0.2, 0.25) is 10.0 Å². The topological polar surface area (TPSA) is 89.9 Å². The highest BCUT2D eigenvalue weighted by atomic mass is 35.5. The molecule has 0 aliphatic carbocycles. The van der Waals surface area contributed by atoms with Crippen molar-refractivity contribution in [3.8, 4) is 5.75 Å². The third kappa shape index (κ3) is 3.86. The van der Waals surface area contributed by atoms with Crippen molar-refractivity contribution in [1.29, 1.82) is 0 Å². The molecule has 0 fully saturated rings. The van der Waals surface area contributed by atoms with Crippen LogP contribution in [0.25, 0.3) is 0 Å². The van der Waals surface area contributed by atoms with Crippen LogP contribution in [-0.4, -0.2) is 39.7 Å². The Morgan fingerprint density at radius 1 is 1.12 bits per heavy atom. The number of fused-ring (bicyclic) bond motifs is 1. The summed E-state index contributed by atoms with van der Waals surface area (Å²) in [5.74, 6) is -0.258. The zero-order valence-corrected chi connectivity index (χ0v) is 15.1. The average Bonchev–Trinajstić information content (AvgIpc) is 2.61. The first-order valence-electron chi connectivity index (χ1n) is 7.88. The monoisotopic (exact) mass is 394 g/mol. The number of hydrogen-bond acceptors (Lipinski definition) is 3. The smallest absolute Gasteiger partial charge is 0.407 e. The van der Waals surface area contributed by atoms with E-state index in [1.165, 1.54) is 17.0 Å². The van der Waals surface area contributed by atoms with Gasteiger partial charge in [0.1, 0.15) is 5.75 Å². The number of amides is 2. The number of phenolic OH excluding ortho intramolecular Hbond substituents is 1. The second-order valence-corrected chi connectivity index (χ2v) is 6.87. The van der Waals surface area contributed by atoms with Crippen LogP contribution in [0.4, 0.5) is 4.79 Å². The van der Waals surface area contributed by atoms with E-state index in [0.29, 0.717) is 17.0 Å². The molecule has 1 atom stereocenters. The van der Waals surface area contributed by atoms with Crippen molar-refractivity contribution in [2.24, 2.45) is 0 Å². The number of hydrogen-bond donors (Lipinski definition) is 3. The van der Waals surface area contributed by atoms with Crippen molar-refractivity contribution in [2.45, 2.75) is 19.0 Å². The van der Waals surface area contributed by atoms with Crippen LogP contribution in [0.15, 0.2) is 36.4 Å². The second-order valence-electron chi connectivity index (χ2n) is 6.06. The fraction of sp³-hybridized carbons (Fsp3) is 0.222. The van der Waals surface area contributed by atoms with E-state index in [4.69, 9.17) is 23.2 Å². The normalized spacial score (nSPS) is 16.1. The molecule has 1 aliphatic rings. The molecule has 1 heterocycles. The Morgan fingerprint density at radius 2 is 1.88 bits per heavy atom. The summed E-state index contributed by atoms with van der Waals surface area (Å²) in [5, 5.41) is 22.4. The van der Waals surface area contributed by atoms with E-state index < -0.39 is 12.1 Å². The number of phenols is 1. The number of aromatic hydroxyl groups is 1. The summed E-state index contributed by atoms with van der Waals surface area (Å²) in [6.07, 6.45) is -0.628. The van der Waals surface area contributed by atoms with Crippen LogP contribution in [0, 0.1) is 0 Å². The Hall–Kier alpha value is -2.44. The lowest BCUT2D eigenvalue weighted by molar-refractivity contribution is 0.0903. The van der Waals surface area contributed by atoms with Gasteiger partial charge in [-0.2, -0.15) is 0 Å². The predicted octanol–water partition coefficient (Wildman–Crippen LogP) is 3.53. The molecule has 6 nitrogen and oxygen atoms in total. The summed E-state index contributed by atoms with van der Waals surface area (Å²) < 4.78 is 0. The largest absolute Gasteiger partial charge is 0.508 e. The molecular weight excluding hydrogens is 379 g/mol. The Bertz CT molecular complexity index is 872. The van der Waals surface area contributed by atoms with Gasteiger partial charge < -0.3 is 15.5 Å². The first-order valence-corrected chi connectivity index (χ1v) is 8.64. The molecule has 0 spiro atoms. The molecule has 0 bridgehead atoms. The Labute approximate surface area is 160 Å². The maximum atomic E-state index is 12.3. The molecule has 0 saturated heterocycles. The summed E-state index contributed by atoms with van der Waals surface area (Å²) in [4.78, 5) is 25.1. The molecule has 0 saturated carbocycles. The number of halogens is 2. The van der Waals surface area contributed by atoms with Crippen molar-refractivity contribution >= 4 is 35.2 Å². The van der Waals surface area contributed by atoms with Crippen molar-refractivity contribution in [1.82, 2.24) is 10.2 Å². The van der Waals surface area contributed by atoms with Gasteiger partial charge in [0, 0.05) is 18.7 Å². The van der Waals surface area contributed by atoms with Crippen molar-refractivity contribution in [3.05, 3.63) is 63.1 Å². The number of carbonyl (C=O) groups excluding carboxylic acids is 1. The van der Waals surface area contributed by atoms with Crippen LogP contribution in [-0.2, 0) is 13.0 Å². The Morgan fingerprint density at radius 3 is 2.58 bits per heavy atom. The molecule has 3 rings (SSSR count). The highest BCUT2D eigenvalue weighted by Gasteiger charge is 2.30. The van der Waals surface area contributed by atoms with E-state index >= 15 is 0 Å². The van der Waals surface area contributed by atoms with E-state index in [-0.39, 0.29) is 29.8 Å². The number of nitrogens with zero attached hydrogens (tertiary/aromatic N) is 1. The third-order valence-corrected chi connectivity index (χ3v) is 5.09. The van der Waals surface area contributed by atoms with Crippen molar-refractivity contribution in [2.75, 3.05) is 6.54 Å². The standard InChI is InChI=1S/C18H16Cl2N2O4/c19-15-4-2-11(7-16(15)20)17(24)21-8-13-5-10-1-3-14(23)6-12(10)9-22(13)18(25)26/h1-4,6-7,13,23H,5,8-9H2,(H,21,24)(H,25,26). The van der Waals surface area contributed by atoms with Gasteiger partial charge in [0.15, 0.2) is 0 Å². The summed E-state index contributed by atoms with van der Waals surface area (Å²) >= 11 is 11.8. The van der Waals surface area contributed by atoms with E-state index in [1.54, 1.807) is 24.3 Å². The molecule has 2 aromatic carbocycles. The molecular formula is C18H16Cl2N2O4. The minimum atomic E-state index is -1.08. The van der Waals surface area contributed by atoms with Crippen LogP contribution >= 0.6 is 23.2 Å². The minimum Gasteiger partial charge on any atom is -0.508 e. The average molecular weight is 395 g/mol. The predicted molar refractivity (Wildman–Crippen MR) is 98.0 cm³/mol. The van der Waals surface area contributed by atoms with Crippen LogP contribution < -0.4 is 5.32 Å². The summed E-state index contributed by atoms with van der Waals surface area (Å²) in [7, 11) is 0. The number of rotatable bonds is 3. The molecule has 3 N–H and O–H groups in total. The van der Waals surface area contributed by atoms with Gasteiger partial charge in [-0.3, -0.25) is 9.69 Å². The number of benzene rings is 2. The first-order chi connectivity index (χ1) is 12.3. The lowest BCUT2D eigenvalue weighted by Gasteiger charge is -2.35. The summed E-state index contributed by atoms with van der Waals surface area (Å²) in [6, 6.07) is 9.06.